The lowest BCUT2D eigenvalue weighted by atomic mass is 9.88. The first-order valence-corrected chi connectivity index (χ1v) is 7.61. The first-order valence-electron chi connectivity index (χ1n) is 6.82. The van der Waals surface area contributed by atoms with E-state index in [0.29, 0.717) is 17.5 Å². The van der Waals surface area contributed by atoms with Gasteiger partial charge in [-0.1, -0.05) is 60.1 Å². The molecule has 1 unspecified atom stereocenters. The van der Waals surface area contributed by atoms with E-state index >= 15 is 0 Å². The van der Waals surface area contributed by atoms with Gasteiger partial charge in [0.1, 0.15) is 5.82 Å². The van der Waals surface area contributed by atoms with Crippen LogP contribution in [0.1, 0.15) is 25.3 Å². The fraction of sp³-hybridized carbons (Fsp3) is 0.294. The summed E-state index contributed by atoms with van der Waals surface area (Å²) in [5.74, 6) is 0.623. The minimum Gasteiger partial charge on any atom is -0.382 e. The lowest BCUT2D eigenvalue weighted by molar-refractivity contribution is 0.515. The summed E-state index contributed by atoms with van der Waals surface area (Å²) < 4.78 is 14.6. The Balaban J connectivity index is 2.10. The van der Waals surface area contributed by atoms with Crippen molar-refractivity contribution in [3.63, 3.8) is 0 Å². The number of rotatable bonds is 5. The van der Waals surface area contributed by atoms with Gasteiger partial charge in [0.15, 0.2) is 0 Å². The van der Waals surface area contributed by atoms with Gasteiger partial charge >= 0.3 is 0 Å². The molecule has 0 spiro atoms. The van der Waals surface area contributed by atoms with Crippen LogP contribution in [-0.2, 0) is 0 Å². The molecule has 0 aromatic heterocycles. The van der Waals surface area contributed by atoms with Crippen molar-refractivity contribution in [3.8, 4) is 0 Å². The Morgan fingerprint density at radius 3 is 2.40 bits per heavy atom. The number of anilines is 1. The average molecular weight is 336 g/mol. The van der Waals surface area contributed by atoms with E-state index in [4.69, 9.17) is 0 Å². The Morgan fingerprint density at radius 1 is 1.10 bits per heavy atom. The molecule has 0 saturated heterocycles. The molecule has 1 N–H and O–H groups in total. The van der Waals surface area contributed by atoms with E-state index in [1.165, 1.54) is 11.6 Å². The molecular weight excluding hydrogens is 317 g/mol. The second-order valence-corrected chi connectivity index (χ2v) is 6.18. The topological polar surface area (TPSA) is 12.0 Å². The van der Waals surface area contributed by atoms with Crippen molar-refractivity contribution in [1.29, 1.82) is 0 Å². The summed E-state index contributed by atoms with van der Waals surface area (Å²) in [5.41, 5.74) is 1.84. The molecule has 0 aliphatic rings. The SMILES string of the molecule is CC(C)C(CNc1ccc(Br)cc1F)c1ccccc1. The molecule has 0 bridgehead atoms. The van der Waals surface area contributed by atoms with Crippen LogP contribution in [0.25, 0.3) is 0 Å². The van der Waals surface area contributed by atoms with Crippen molar-refractivity contribution < 1.29 is 4.39 Å². The number of hydrogen-bond donors (Lipinski definition) is 1. The molecule has 1 atom stereocenters. The summed E-state index contributed by atoms with van der Waals surface area (Å²) in [4.78, 5) is 0. The van der Waals surface area contributed by atoms with Gasteiger partial charge in [-0.3, -0.25) is 0 Å². The van der Waals surface area contributed by atoms with Crippen molar-refractivity contribution in [2.24, 2.45) is 5.92 Å². The van der Waals surface area contributed by atoms with Crippen LogP contribution in [0, 0.1) is 11.7 Å². The molecule has 0 radical (unpaired) electrons. The number of benzene rings is 2. The molecule has 0 fully saturated rings. The first-order chi connectivity index (χ1) is 9.58. The average Bonchev–Trinajstić information content (AvgIpc) is 2.42. The highest BCUT2D eigenvalue weighted by Gasteiger charge is 2.16. The van der Waals surface area contributed by atoms with Crippen LogP contribution < -0.4 is 5.32 Å². The largest absolute Gasteiger partial charge is 0.382 e. The summed E-state index contributed by atoms with van der Waals surface area (Å²) in [5, 5.41) is 3.22. The monoisotopic (exact) mass is 335 g/mol. The number of nitrogens with one attached hydrogen (secondary N) is 1. The highest BCUT2D eigenvalue weighted by molar-refractivity contribution is 9.10. The van der Waals surface area contributed by atoms with Gasteiger partial charge in [0.05, 0.1) is 5.69 Å². The fourth-order valence-corrected chi connectivity index (χ4v) is 2.62. The summed E-state index contributed by atoms with van der Waals surface area (Å²) in [6.07, 6.45) is 0. The van der Waals surface area contributed by atoms with Crippen LogP contribution in [0.3, 0.4) is 0 Å². The van der Waals surface area contributed by atoms with Crippen molar-refractivity contribution in [2.45, 2.75) is 19.8 Å². The van der Waals surface area contributed by atoms with Gasteiger partial charge in [0.2, 0.25) is 0 Å². The number of hydrogen-bond acceptors (Lipinski definition) is 1. The van der Waals surface area contributed by atoms with Crippen molar-refractivity contribution in [1.82, 2.24) is 0 Å². The predicted octanol–water partition coefficient (Wildman–Crippen LogP) is 5.44. The Hall–Kier alpha value is -1.35. The van der Waals surface area contributed by atoms with Gasteiger partial charge in [0.25, 0.3) is 0 Å². The van der Waals surface area contributed by atoms with Crippen LogP contribution in [0.4, 0.5) is 10.1 Å². The number of halogens is 2. The Morgan fingerprint density at radius 2 is 1.80 bits per heavy atom. The third-order valence-electron chi connectivity index (χ3n) is 3.48. The Labute approximate surface area is 128 Å². The summed E-state index contributed by atoms with van der Waals surface area (Å²) in [6, 6.07) is 15.5. The Bertz CT molecular complexity index is 554. The van der Waals surface area contributed by atoms with Gasteiger partial charge in [-0.15, -0.1) is 0 Å². The van der Waals surface area contributed by atoms with E-state index < -0.39 is 0 Å². The molecular formula is C17H19BrFN. The lowest BCUT2D eigenvalue weighted by Crippen LogP contribution is -2.18. The predicted molar refractivity (Wildman–Crippen MR) is 86.6 cm³/mol. The molecule has 2 rings (SSSR count). The zero-order valence-electron chi connectivity index (χ0n) is 11.7. The van der Waals surface area contributed by atoms with Crippen molar-refractivity contribution >= 4 is 21.6 Å². The van der Waals surface area contributed by atoms with E-state index in [1.807, 2.05) is 24.3 Å². The minimum atomic E-state index is -0.227. The van der Waals surface area contributed by atoms with E-state index in [-0.39, 0.29) is 5.82 Å². The van der Waals surface area contributed by atoms with E-state index in [9.17, 15) is 4.39 Å². The molecule has 0 saturated carbocycles. The fourth-order valence-electron chi connectivity index (χ4n) is 2.29. The normalized spacial score (nSPS) is 12.4. The lowest BCUT2D eigenvalue weighted by Gasteiger charge is -2.22. The van der Waals surface area contributed by atoms with Crippen molar-refractivity contribution in [3.05, 3.63) is 64.4 Å². The molecule has 0 amide bonds. The highest BCUT2D eigenvalue weighted by Crippen LogP contribution is 2.26. The van der Waals surface area contributed by atoms with Crippen LogP contribution in [-0.4, -0.2) is 6.54 Å². The van der Waals surface area contributed by atoms with Gasteiger partial charge in [-0.25, -0.2) is 4.39 Å². The van der Waals surface area contributed by atoms with Gasteiger partial charge < -0.3 is 5.32 Å². The minimum absolute atomic E-state index is 0.227. The smallest absolute Gasteiger partial charge is 0.147 e. The zero-order chi connectivity index (χ0) is 14.5. The molecule has 2 aromatic carbocycles. The van der Waals surface area contributed by atoms with E-state index in [2.05, 4.69) is 47.2 Å². The van der Waals surface area contributed by atoms with Gasteiger partial charge in [-0.2, -0.15) is 0 Å². The molecule has 3 heteroatoms. The molecule has 106 valence electrons. The van der Waals surface area contributed by atoms with E-state index in [0.717, 1.165) is 11.0 Å². The Kier molecular flexibility index (Phi) is 5.18. The van der Waals surface area contributed by atoms with Crippen LogP contribution >= 0.6 is 15.9 Å². The maximum absolute atomic E-state index is 13.8. The molecule has 2 aromatic rings. The molecule has 0 aliphatic carbocycles. The maximum Gasteiger partial charge on any atom is 0.147 e. The standard InChI is InChI=1S/C17H19BrFN/c1-12(2)15(13-6-4-3-5-7-13)11-20-17-9-8-14(18)10-16(17)19/h3-10,12,15,20H,11H2,1-2H3. The molecule has 1 nitrogen and oxygen atoms in total. The molecule has 0 aliphatic heterocycles. The highest BCUT2D eigenvalue weighted by atomic mass is 79.9. The molecule has 0 heterocycles. The van der Waals surface area contributed by atoms with E-state index in [1.54, 1.807) is 6.07 Å². The van der Waals surface area contributed by atoms with Crippen LogP contribution in [0.2, 0.25) is 0 Å². The second kappa shape index (κ2) is 6.89. The van der Waals surface area contributed by atoms with Gasteiger partial charge in [-0.05, 0) is 29.7 Å². The summed E-state index contributed by atoms with van der Waals surface area (Å²) in [7, 11) is 0. The van der Waals surface area contributed by atoms with Gasteiger partial charge in [0, 0.05) is 16.9 Å². The second-order valence-electron chi connectivity index (χ2n) is 5.27. The van der Waals surface area contributed by atoms with Crippen LogP contribution in [0.5, 0.6) is 0 Å². The maximum atomic E-state index is 13.8. The van der Waals surface area contributed by atoms with Crippen LogP contribution in [0.15, 0.2) is 53.0 Å². The van der Waals surface area contributed by atoms with Crippen molar-refractivity contribution in [2.75, 3.05) is 11.9 Å². The quantitative estimate of drug-likeness (QED) is 0.767. The third kappa shape index (κ3) is 3.83. The first kappa shape index (κ1) is 15.0. The zero-order valence-corrected chi connectivity index (χ0v) is 13.3. The summed E-state index contributed by atoms with van der Waals surface area (Å²) in [6.45, 7) is 5.11. The molecule has 20 heavy (non-hydrogen) atoms. The summed E-state index contributed by atoms with van der Waals surface area (Å²) >= 11 is 3.27. The third-order valence-corrected chi connectivity index (χ3v) is 3.97.